The van der Waals surface area contributed by atoms with Crippen molar-refractivity contribution in [1.82, 2.24) is 34.3 Å². The number of carbonyl (C=O) groups excluding carboxylic acids is 2. The minimum Gasteiger partial charge on any atom is -0.335 e. The second-order valence-electron chi connectivity index (χ2n) is 9.76. The molecule has 0 bridgehead atoms. The van der Waals surface area contributed by atoms with Crippen molar-refractivity contribution >= 4 is 23.3 Å². The fourth-order valence-corrected chi connectivity index (χ4v) is 4.82. The minimum atomic E-state index is -4.47. The molecule has 6 rings (SSSR count). The summed E-state index contributed by atoms with van der Waals surface area (Å²) in [4.78, 5) is 34.5. The zero-order valence-electron chi connectivity index (χ0n) is 22.1. The first kappa shape index (κ1) is 27.9. The second-order valence-corrected chi connectivity index (χ2v) is 9.76. The summed E-state index contributed by atoms with van der Waals surface area (Å²) >= 11 is 0. The molecule has 1 aliphatic heterocycles. The van der Waals surface area contributed by atoms with Crippen molar-refractivity contribution in [2.45, 2.75) is 32.1 Å². The van der Waals surface area contributed by atoms with Gasteiger partial charge in [-0.3, -0.25) is 19.3 Å². The molecular formula is C28H21F5N8O2. The van der Waals surface area contributed by atoms with Crippen LogP contribution in [0.4, 0.5) is 27.8 Å². The third-order valence-electron chi connectivity index (χ3n) is 6.93. The fraction of sp³-hybridized carbons (Fsp3) is 0.214. The molecule has 0 radical (unpaired) electrons. The summed E-state index contributed by atoms with van der Waals surface area (Å²) in [7, 11) is 0. The summed E-state index contributed by atoms with van der Waals surface area (Å²) in [6.07, 6.45) is -3.58. The Morgan fingerprint density at radius 1 is 0.930 bits per heavy atom. The van der Waals surface area contributed by atoms with Crippen molar-refractivity contribution in [3.05, 3.63) is 83.9 Å². The van der Waals surface area contributed by atoms with E-state index in [0.717, 1.165) is 4.52 Å². The number of aromatic nitrogens is 6. The molecule has 10 nitrogen and oxygen atoms in total. The van der Waals surface area contributed by atoms with E-state index in [4.69, 9.17) is 0 Å². The number of halogens is 5. The number of amides is 2. The summed E-state index contributed by atoms with van der Waals surface area (Å²) in [5.74, 6) is -3.06. The minimum absolute atomic E-state index is 0.0699. The van der Waals surface area contributed by atoms with E-state index in [9.17, 15) is 27.2 Å². The van der Waals surface area contributed by atoms with Crippen LogP contribution in [0, 0.1) is 11.8 Å². The number of benzene rings is 1. The van der Waals surface area contributed by atoms with Gasteiger partial charge in [0.05, 0.1) is 36.5 Å². The van der Waals surface area contributed by atoms with E-state index in [2.05, 4.69) is 25.5 Å². The molecule has 5 aromatic rings. The number of nitrogens with zero attached hydrogens (tertiary/aromatic N) is 7. The molecule has 0 fully saturated rings. The number of fused-ring (bicyclic) bond motifs is 2. The maximum absolute atomic E-state index is 15.5. The number of alkyl halides is 3. The quantitative estimate of drug-likeness (QED) is 0.280. The van der Waals surface area contributed by atoms with Gasteiger partial charge in [-0.1, -0.05) is 0 Å². The monoisotopic (exact) mass is 596 g/mol. The van der Waals surface area contributed by atoms with Crippen molar-refractivity contribution in [3.8, 4) is 22.5 Å². The predicted molar refractivity (Wildman–Crippen MR) is 142 cm³/mol. The summed E-state index contributed by atoms with van der Waals surface area (Å²) < 4.78 is 70.0. The maximum Gasteiger partial charge on any atom is 0.389 e. The van der Waals surface area contributed by atoms with Crippen LogP contribution in [0.5, 0.6) is 0 Å². The summed E-state index contributed by atoms with van der Waals surface area (Å²) in [6.45, 7) is 0.255. The van der Waals surface area contributed by atoms with Gasteiger partial charge in [-0.15, -0.1) is 0 Å². The normalized spacial score (nSPS) is 13.3. The van der Waals surface area contributed by atoms with Crippen LogP contribution in [0.3, 0.4) is 0 Å². The summed E-state index contributed by atoms with van der Waals surface area (Å²) in [5, 5.41) is 11.5. The van der Waals surface area contributed by atoms with Gasteiger partial charge in [-0.05, 0) is 48.5 Å². The highest BCUT2D eigenvalue weighted by molar-refractivity contribution is 6.03. The lowest BCUT2D eigenvalue weighted by atomic mass is 10.0. The lowest BCUT2D eigenvalue weighted by Gasteiger charge is -2.28. The average molecular weight is 597 g/mol. The lowest BCUT2D eigenvalue weighted by Crippen LogP contribution is -2.39. The van der Waals surface area contributed by atoms with E-state index in [1.54, 1.807) is 10.7 Å². The molecule has 0 spiro atoms. The maximum atomic E-state index is 15.5. The zero-order chi connectivity index (χ0) is 30.3. The third-order valence-corrected chi connectivity index (χ3v) is 6.93. The standard InChI is InChI=1S/C28H21F5N8O2/c29-18-3-1-16(2-4-18)24-23(20-15-39(13-14-40(20)38-24)22(42)7-10-28(31,32)33)19-5-6-21-35-26(25(30)41(21)37-19)36-27(43)17-8-11-34-12-9-17/h1-6,8-9,11-12H,7,10,13-15H2,(H,36,43). The Kier molecular flexibility index (Phi) is 7.07. The summed E-state index contributed by atoms with van der Waals surface area (Å²) in [5.41, 5.74) is 2.25. The molecule has 4 aromatic heterocycles. The van der Waals surface area contributed by atoms with Crippen molar-refractivity contribution < 1.29 is 31.5 Å². The molecule has 0 unspecified atom stereocenters. The van der Waals surface area contributed by atoms with Gasteiger partial charge < -0.3 is 10.2 Å². The van der Waals surface area contributed by atoms with Crippen molar-refractivity contribution in [3.63, 3.8) is 0 Å². The molecule has 0 saturated carbocycles. The second kappa shape index (κ2) is 10.9. The van der Waals surface area contributed by atoms with Crippen LogP contribution in [0.25, 0.3) is 28.2 Å². The number of anilines is 1. The highest BCUT2D eigenvalue weighted by atomic mass is 19.4. The number of carbonyl (C=O) groups is 2. The molecule has 0 atom stereocenters. The molecule has 1 N–H and O–H groups in total. The highest BCUT2D eigenvalue weighted by Gasteiger charge is 2.32. The molecule has 2 amide bonds. The topological polar surface area (TPSA) is 110 Å². The van der Waals surface area contributed by atoms with Crippen LogP contribution < -0.4 is 5.32 Å². The van der Waals surface area contributed by atoms with E-state index in [1.807, 2.05) is 0 Å². The Balaban J connectivity index is 1.39. The van der Waals surface area contributed by atoms with Crippen LogP contribution in [-0.4, -0.2) is 58.8 Å². The Morgan fingerprint density at radius 2 is 1.67 bits per heavy atom. The van der Waals surface area contributed by atoms with Gasteiger partial charge in [-0.2, -0.15) is 32.3 Å². The molecule has 15 heteroatoms. The van der Waals surface area contributed by atoms with Gasteiger partial charge in [0.15, 0.2) is 11.5 Å². The highest BCUT2D eigenvalue weighted by Crippen LogP contribution is 2.36. The SMILES string of the molecule is O=C(Nc1nc2ccc(-c3c(-c4ccc(F)cc4)nn4c3CN(C(=O)CCC(F)(F)F)CC4)nn2c1F)c1ccncc1. The van der Waals surface area contributed by atoms with Gasteiger partial charge in [-0.25, -0.2) is 9.37 Å². The van der Waals surface area contributed by atoms with E-state index in [1.165, 1.54) is 59.8 Å². The van der Waals surface area contributed by atoms with Gasteiger partial charge in [0.1, 0.15) is 11.5 Å². The van der Waals surface area contributed by atoms with Crippen molar-refractivity contribution in [1.29, 1.82) is 0 Å². The van der Waals surface area contributed by atoms with Crippen LogP contribution in [-0.2, 0) is 17.9 Å². The van der Waals surface area contributed by atoms with Gasteiger partial charge in [0.25, 0.3) is 11.9 Å². The predicted octanol–water partition coefficient (Wildman–Crippen LogP) is 4.87. The van der Waals surface area contributed by atoms with Crippen LogP contribution >= 0.6 is 0 Å². The Labute approximate surface area is 239 Å². The Bertz CT molecular complexity index is 1830. The molecular weight excluding hydrogens is 575 g/mol. The van der Waals surface area contributed by atoms with Gasteiger partial charge >= 0.3 is 6.18 Å². The van der Waals surface area contributed by atoms with E-state index in [-0.39, 0.29) is 42.4 Å². The largest absolute Gasteiger partial charge is 0.389 e. The van der Waals surface area contributed by atoms with E-state index < -0.39 is 42.6 Å². The molecule has 43 heavy (non-hydrogen) atoms. The number of nitrogens with one attached hydrogen (secondary N) is 1. The molecule has 5 heterocycles. The number of hydrogen-bond donors (Lipinski definition) is 1. The smallest absolute Gasteiger partial charge is 0.335 e. The number of rotatable bonds is 6. The molecule has 1 aromatic carbocycles. The van der Waals surface area contributed by atoms with Gasteiger partial charge in [0.2, 0.25) is 5.91 Å². The summed E-state index contributed by atoms with van der Waals surface area (Å²) in [6, 6.07) is 11.4. The van der Waals surface area contributed by atoms with E-state index in [0.29, 0.717) is 22.5 Å². The van der Waals surface area contributed by atoms with E-state index >= 15 is 4.39 Å². The first-order chi connectivity index (χ1) is 20.6. The van der Waals surface area contributed by atoms with Crippen LogP contribution in [0.1, 0.15) is 28.9 Å². The molecule has 1 aliphatic rings. The lowest BCUT2D eigenvalue weighted by molar-refractivity contribution is -0.149. The number of hydrogen-bond acceptors (Lipinski definition) is 6. The number of pyridine rings is 1. The van der Waals surface area contributed by atoms with Crippen LogP contribution in [0.15, 0.2) is 60.9 Å². The van der Waals surface area contributed by atoms with Gasteiger partial charge in [0, 0.05) is 36.5 Å². The average Bonchev–Trinajstić information content (AvgIpc) is 3.53. The third kappa shape index (κ3) is 5.65. The Hall–Kier alpha value is -5.21. The van der Waals surface area contributed by atoms with Crippen LogP contribution in [0.2, 0.25) is 0 Å². The van der Waals surface area contributed by atoms with Crippen molar-refractivity contribution in [2.75, 3.05) is 11.9 Å². The van der Waals surface area contributed by atoms with Crippen molar-refractivity contribution in [2.24, 2.45) is 0 Å². The molecule has 0 aliphatic carbocycles. The molecule has 220 valence electrons. The molecule has 0 saturated heterocycles. The Morgan fingerprint density at radius 3 is 2.40 bits per heavy atom. The first-order valence-corrected chi connectivity index (χ1v) is 13.0. The first-order valence-electron chi connectivity index (χ1n) is 13.0. The fourth-order valence-electron chi connectivity index (χ4n) is 4.82. The number of imidazole rings is 1. The zero-order valence-corrected chi connectivity index (χ0v) is 22.1.